The lowest BCUT2D eigenvalue weighted by molar-refractivity contribution is 0.414. The van der Waals surface area contributed by atoms with E-state index in [0.29, 0.717) is 5.92 Å². The molecule has 1 atom stereocenters. The van der Waals surface area contributed by atoms with E-state index in [9.17, 15) is 0 Å². The Morgan fingerprint density at radius 2 is 1.89 bits per heavy atom. The Hall–Kier alpha value is -1.46. The Morgan fingerprint density at radius 3 is 2.42 bits per heavy atom. The molecule has 0 saturated carbocycles. The third kappa shape index (κ3) is 2.93. The second-order valence-electron chi connectivity index (χ2n) is 4.67. The SMILES string of the molecule is CNC(c1ccc(OC)cc1)c1snnc1C(C)C. The third-order valence-corrected chi connectivity index (χ3v) is 3.89. The monoisotopic (exact) mass is 277 g/mol. The fourth-order valence-corrected chi connectivity index (χ4v) is 3.00. The van der Waals surface area contributed by atoms with Crippen molar-refractivity contribution >= 4 is 11.5 Å². The molecule has 0 radical (unpaired) electrons. The first-order valence-corrected chi connectivity index (χ1v) is 7.08. The molecule has 0 aliphatic heterocycles. The molecule has 2 aromatic rings. The number of hydrogen-bond acceptors (Lipinski definition) is 5. The van der Waals surface area contributed by atoms with Gasteiger partial charge in [0, 0.05) is 0 Å². The zero-order valence-corrected chi connectivity index (χ0v) is 12.5. The van der Waals surface area contributed by atoms with E-state index in [0.717, 1.165) is 11.4 Å². The largest absolute Gasteiger partial charge is 0.497 e. The first-order valence-electron chi connectivity index (χ1n) is 6.30. The maximum Gasteiger partial charge on any atom is 0.118 e. The smallest absolute Gasteiger partial charge is 0.118 e. The minimum Gasteiger partial charge on any atom is -0.497 e. The normalized spacial score (nSPS) is 12.7. The summed E-state index contributed by atoms with van der Waals surface area (Å²) in [5.41, 5.74) is 2.26. The molecule has 0 fully saturated rings. The third-order valence-electron chi connectivity index (χ3n) is 3.09. The van der Waals surface area contributed by atoms with Crippen molar-refractivity contribution < 1.29 is 4.74 Å². The molecule has 0 aliphatic rings. The van der Waals surface area contributed by atoms with Crippen LogP contribution in [0.25, 0.3) is 0 Å². The summed E-state index contributed by atoms with van der Waals surface area (Å²) >= 11 is 1.46. The van der Waals surface area contributed by atoms with Crippen LogP contribution in [0.1, 0.15) is 41.9 Å². The van der Waals surface area contributed by atoms with E-state index < -0.39 is 0 Å². The van der Waals surface area contributed by atoms with Gasteiger partial charge in [-0.2, -0.15) is 0 Å². The van der Waals surface area contributed by atoms with Gasteiger partial charge in [-0.25, -0.2) is 0 Å². The van der Waals surface area contributed by atoms with Crippen LogP contribution in [0.15, 0.2) is 24.3 Å². The summed E-state index contributed by atoms with van der Waals surface area (Å²) in [5, 5.41) is 7.59. The predicted octanol–water partition coefficient (Wildman–Crippen LogP) is 2.98. The number of benzene rings is 1. The van der Waals surface area contributed by atoms with Crippen LogP contribution in [0.3, 0.4) is 0 Å². The zero-order chi connectivity index (χ0) is 13.8. The van der Waals surface area contributed by atoms with Gasteiger partial charge < -0.3 is 10.1 Å². The lowest BCUT2D eigenvalue weighted by atomic mass is 10.0. The van der Waals surface area contributed by atoms with Crippen LogP contribution in [-0.4, -0.2) is 23.7 Å². The van der Waals surface area contributed by atoms with E-state index in [2.05, 4.69) is 40.9 Å². The van der Waals surface area contributed by atoms with Gasteiger partial charge in [-0.3, -0.25) is 0 Å². The molecule has 2 rings (SSSR count). The van der Waals surface area contributed by atoms with Gasteiger partial charge >= 0.3 is 0 Å². The van der Waals surface area contributed by atoms with Crippen LogP contribution in [-0.2, 0) is 0 Å². The minimum atomic E-state index is 0.128. The maximum absolute atomic E-state index is 5.19. The van der Waals surface area contributed by atoms with E-state index >= 15 is 0 Å². The van der Waals surface area contributed by atoms with Crippen LogP contribution >= 0.6 is 11.5 Å². The van der Waals surface area contributed by atoms with Crippen LogP contribution in [0.4, 0.5) is 0 Å². The summed E-state index contributed by atoms with van der Waals surface area (Å²) in [6.45, 7) is 4.28. The average Bonchev–Trinajstić information content (AvgIpc) is 2.90. The number of hydrogen-bond donors (Lipinski definition) is 1. The molecule has 0 saturated heterocycles. The van der Waals surface area contributed by atoms with Gasteiger partial charge in [0.15, 0.2) is 0 Å². The Bertz CT molecular complexity index is 522. The highest BCUT2D eigenvalue weighted by Crippen LogP contribution is 2.31. The fraction of sp³-hybridized carbons (Fsp3) is 0.429. The highest BCUT2D eigenvalue weighted by atomic mass is 32.1. The molecule has 19 heavy (non-hydrogen) atoms. The van der Waals surface area contributed by atoms with Crippen molar-refractivity contribution in [3.8, 4) is 5.75 Å². The van der Waals surface area contributed by atoms with Crippen molar-refractivity contribution in [2.75, 3.05) is 14.2 Å². The first-order chi connectivity index (χ1) is 9.17. The molecular weight excluding hydrogens is 258 g/mol. The van der Waals surface area contributed by atoms with Crippen molar-refractivity contribution in [1.82, 2.24) is 14.9 Å². The number of nitrogens with one attached hydrogen (secondary N) is 1. The molecule has 0 amide bonds. The predicted molar refractivity (Wildman–Crippen MR) is 77.9 cm³/mol. The average molecular weight is 277 g/mol. The molecule has 1 N–H and O–H groups in total. The van der Waals surface area contributed by atoms with Crippen molar-refractivity contribution in [2.24, 2.45) is 0 Å². The van der Waals surface area contributed by atoms with E-state index in [1.807, 2.05) is 19.2 Å². The van der Waals surface area contributed by atoms with Crippen molar-refractivity contribution in [3.05, 3.63) is 40.4 Å². The molecule has 5 heteroatoms. The molecule has 1 aromatic carbocycles. The Morgan fingerprint density at radius 1 is 1.21 bits per heavy atom. The summed E-state index contributed by atoms with van der Waals surface area (Å²) in [6, 6.07) is 8.23. The molecule has 0 aliphatic carbocycles. The van der Waals surface area contributed by atoms with Gasteiger partial charge in [-0.1, -0.05) is 30.5 Å². The highest BCUT2D eigenvalue weighted by Gasteiger charge is 2.21. The fourth-order valence-electron chi connectivity index (χ4n) is 2.05. The molecule has 1 heterocycles. The van der Waals surface area contributed by atoms with Crippen molar-refractivity contribution in [1.29, 1.82) is 0 Å². The Balaban J connectivity index is 2.35. The second-order valence-corrected chi connectivity index (χ2v) is 5.46. The summed E-state index contributed by atoms with van der Waals surface area (Å²) < 4.78 is 9.29. The second kappa shape index (κ2) is 6.12. The van der Waals surface area contributed by atoms with E-state index in [1.54, 1.807) is 7.11 Å². The Kier molecular flexibility index (Phi) is 4.50. The number of nitrogens with zero attached hydrogens (tertiary/aromatic N) is 2. The van der Waals surface area contributed by atoms with E-state index in [1.165, 1.54) is 22.0 Å². The minimum absolute atomic E-state index is 0.128. The number of ether oxygens (including phenoxy) is 1. The van der Waals surface area contributed by atoms with Gasteiger partial charge in [0.2, 0.25) is 0 Å². The Labute approximate surface area is 118 Å². The number of rotatable bonds is 5. The summed E-state index contributed by atoms with van der Waals surface area (Å²) in [7, 11) is 3.63. The molecule has 0 spiro atoms. The molecule has 102 valence electrons. The van der Waals surface area contributed by atoms with Crippen molar-refractivity contribution in [2.45, 2.75) is 25.8 Å². The molecule has 0 bridgehead atoms. The van der Waals surface area contributed by atoms with E-state index in [4.69, 9.17) is 4.74 Å². The summed E-state index contributed by atoms with van der Waals surface area (Å²) in [6.07, 6.45) is 0. The molecule has 4 nitrogen and oxygen atoms in total. The van der Waals surface area contributed by atoms with Gasteiger partial charge in [0.1, 0.15) is 5.75 Å². The van der Waals surface area contributed by atoms with Crippen molar-refractivity contribution in [3.63, 3.8) is 0 Å². The molecular formula is C14H19N3OS. The van der Waals surface area contributed by atoms with Gasteiger partial charge in [0.05, 0.1) is 23.7 Å². The quantitative estimate of drug-likeness (QED) is 0.912. The number of aromatic nitrogens is 2. The number of methoxy groups -OCH3 is 1. The first kappa shape index (κ1) is 14.0. The topological polar surface area (TPSA) is 47.0 Å². The van der Waals surface area contributed by atoms with Crippen LogP contribution in [0, 0.1) is 0 Å². The zero-order valence-electron chi connectivity index (χ0n) is 11.7. The van der Waals surface area contributed by atoms with Crippen LogP contribution in [0.5, 0.6) is 5.75 Å². The van der Waals surface area contributed by atoms with Gasteiger partial charge in [-0.15, -0.1) is 5.10 Å². The maximum atomic E-state index is 5.19. The summed E-state index contributed by atoms with van der Waals surface area (Å²) in [4.78, 5) is 1.18. The molecule has 1 aromatic heterocycles. The lowest BCUT2D eigenvalue weighted by Crippen LogP contribution is -2.18. The van der Waals surface area contributed by atoms with E-state index in [-0.39, 0.29) is 6.04 Å². The lowest BCUT2D eigenvalue weighted by Gasteiger charge is -2.17. The van der Waals surface area contributed by atoms with Crippen LogP contribution in [0.2, 0.25) is 0 Å². The highest BCUT2D eigenvalue weighted by molar-refractivity contribution is 7.05. The standard InChI is InChI=1S/C14H19N3OS/c1-9(2)12-14(19-17-16-12)13(15-3)10-5-7-11(18-4)8-6-10/h5-9,13,15H,1-4H3. The molecule has 1 unspecified atom stereocenters. The summed E-state index contributed by atoms with van der Waals surface area (Å²) in [5.74, 6) is 1.24. The van der Waals surface area contributed by atoms with Gasteiger partial charge in [-0.05, 0) is 42.2 Å². The van der Waals surface area contributed by atoms with Crippen LogP contribution < -0.4 is 10.1 Å². The van der Waals surface area contributed by atoms with Gasteiger partial charge in [0.25, 0.3) is 0 Å².